The predicted octanol–water partition coefficient (Wildman–Crippen LogP) is 2.51. The van der Waals surface area contributed by atoms with Gasteiger partial charge in [0, 0.05) is 42.5 Å². The van der Waals surface area contributed by atoms with Crippen molar-refractivity contribution in [2.45, 2.75) is 4.90 Å². The van der Waals surface area contributed by atoms with Crippen molar-refractivity contribution in [1.29, 1.82) is 0 Å². The normalized spacial score (nSPS) is 11.6. The molecule has 2 aromatic carbocycles. The highest BCUT2D eigenvalue weighted by Crippen LogP contribution is 2.25. The Morgan fingerprint density at radius 3 is 2.64 bits per heavy atom. The Morgan fingerprint density at radius 2 is 1.89 bits per heavy atom. The summed E-state index contributed by atoms with van der Waals surface area (Å²) >= 11 is 0. The molecule has 28 heavy (non-hydrogen) atoms. The summed E-state index contributed by atoms with van der Waals surface area (Å²) in [5, 5.41) is 3.98. The molecule has 0 unspecified atom stereocenters. The van der Waals surface area contributed by atoms with E-state index in [4.69, 9.17) is 4.74 Å². The van der Waals surface area contributed by atoms with Gasteiger partial charge in [0.05, 0.1) is 18.0 Å². The third-order valence-corrected chi connectivity index (χ3v) is 6.08. The number of pyridine rings is 1. The van der Waals surface area contributed by atoms with E-state index in [1.807, 2.05) is 6.07 Å². The van der Waals surface area contributed by atoms with Crippen molar-refractivity contribution in [1.82, 2.24) is 9.29 Å². The molecule has 0 saturated carbocycles. The summed E-state index contributed by atoms with van der Waals surface area (Å²) < 4.78 is 32.8. The van der Waals surface area contributed by atoms with Gasteiger partial charge in [0.25, 0.3) is 0 Å². The molecule has 0 radical (unpaired) electrons. The number of nitrogens with zero attached hydrogens (tertiary/aromatic N) is 2. The number of nitrogens with one attached hydrogen (secondary N) is 1. The van der Waals surface area contributed by atoms with E-state index in [2.05, 4.69) is 10.3 Å². The van der Waals surface area contributed by atoms with Crippen LogP contribution in [0.1, 0.15) is 0 Å². The average Bonchev–Trinajstić information content (AvgIpc) is 2.71. The van der Waals surface area contributed by atoms with Gasteiger partial charge in [-0.25, -0.2) is 8.42 Å². The molecule has 0 aliphatic rings. The second kappa shape index (κ2) is 8.92. The highest BCUT2D eigenvalue weighted by Gasteiger charge is 2.28. The first-order valence-electron chi connectivity index (χ1n) is 8.69. The van der Waals surface area contributed by atoms with E-state index in [0.29, 0.717) is 16.5 Å². The number of benzene rings is 2. The first kappa shape index (κ1) is 19.9. The third kappa shape index (κ3) is 4.53. The predicted molar refractivity (Wildman–Crippen MR) is 107 cm³/mol. The van der Waals surface area contributed by atoms with Crippen LogP contribution in [0.5, 0.6) is 0 Å². The van der Waals surface area contributed by atoms with Crippen molar-refractivity contribution in [2.75, 3.05) is 32.1 Å². The molecule has 1 N–H and O–H groups in total. The molecule has 0 aliphatic heterocycles. The topological polar surface area (TPSA) is 88.6 Å². The molecule has 7 nitrogen and oxygen atoms in total. The highest BCUT2D eigenvalue weighted by atomic mass is 32.2. The van der Waals surface area contributed by atoms with E-state index >= 15 is 0 Å². The maximum Gasteiger partial charge on any atom is 0.244 e. The number of fused-ring (bicyclic) bond motifs is 1. The second-order valence-corrected chi connectivity index (χ2v) is 8.00. The Kier molecular flexibility index (Phi) is 6.35. The van der Waals surface area contributed by atoms with Crippen molar-refractivity contribution in [2.24, 2.45) is 0 Å². The zero-order chi connectivity index (χ0) is 20.0. The molecule has 3 rings (SSSR count). The van der Waals surface area contributed by atoms with Gasteiger partial charge in [0.2, 0.25) is 15.9 Å². The van der Waals surface area contributed by atoms with Crippen LogP contribution in [0.4, 0.5) is 5.69 Å². The number of para-hydroxylation sites is 1. The maximum absolute atomic E-state index is 13.3. The number of amides is 1. The largest absolute Gasteiger partial charge is 0.383 e. The number of sulfonamides is 1. The fraction of sp³-hybridized carbons (Fsp3) is 0.200. The van der Waals surface area contributed by atoms with Gasteiger partial charge in [-0.3, -0.25) is 9.78 Å². The molecule has 0 spiro atoms. The van der Waals surface area contributed by atoms with Crippen LogP contribution in [0.15, 0.2) is 71.9 Å². The van der Waals surface area contributed by atoms with Crippen LogP contribution < -0.4 is 5.32 Å². The minimum atomic E-state index is -3.92. The molecule has 1 aromatic heterocycles. The lowest BCUT2D eigenvalue weighted by Crippen LogP contribution is -2.40. The molecule has 0 saturated heterocycles. The number of ether oxygens (including phenoxy) is 1. The number of aromatic nitrogens is 1. The molecule has 0 fully saturated rings. The fourth-order valence-electron chi connectivity index (χ4n) is 2.82. The van der Waals surface area contributed by atoms with Crippen LogP contribution in [0.3, 0.4) is 0 Å². The summed E-state index contributed by atoms with van der Waals surface area (Å²) in [4.78, 5) is 16.6. The Bertz CT molecular complexity index is 1050. The first-order chi connectivity index (χ1) is 13.5. The lowest BCUT2D eigenvalue weighted by molar-refractivity contribution is -0.116. The average molecular weight is 399 g/mol. The van der Waals surface area contributed by atoms with Crippen molar-refractivity contribution >= 4 is 32.4 Å². The maximum atomic E-state index is 13.3. The van der Waals surface area contributed by atoms with Crippen LogP contribution >= 0.6 is 0 Å². The van der Waals surface area contributed by atoms with Gasteiger partial charge in [0.1, 0.15) is 0 Å². The minimum absolute atomic E-state index is 0.0580. The molecule has 146 valence electrons. The second-order valence-electron chi connectivity index (χ2n) is 6.10. The Balaban J connectivity index is 1.90. The lowest BCUT2D eigenvalue weighted by atomic mass is 10.2. The van der Waals surface area contributed by atoms with Crippen molar-refractivity contribution in [3.8, 4) is 0 Å². The molecule has 0 atom stereocenters. The summed E-state index contributed by atoms with van der Waals surface area (Å²) in [5.41, 5.74) is 0.604. The van der Waals surface area contributed by atoms with Crippen molar-refractivity contribution in [3.05, 3.63) is 67.0 Å². The number of hydrogen-bond acceptors (Lipinski definition) is 5. The van der Waals surface area contributed by atoms with E-state index in [1.165, 1.54) is 13.2 Å². The molecular formula is C20H21N3O4S. The molecule has 8 heteroatoms. The van der Waals surface area contributed by atoms with E-state index in [1.54, 1.807) is 54.9 Å². The number of anilines is 1. The van der Waals surface area contributed by atoms with E-state index in [9.17, 15) is 13.2 Å². The minimum Gasteiger partial charge on any atom is -0.383 e. The SMILES string of the molecule is COCCN(CC(=O)Nc1ccccc1)S(=O)(=O)c1cccc2cnccc12. The zero-order valence-corrected chi connectivity index (χ0v) is 16.2. The Hall–Kier alpha value is -2.81. The Morgan fingerprint density at radius 1 is 1.11 bits per heavy atom. The quantitative estimate of drug-likeness (QED) is 0.629. The van der Waals surface area contributed by atoms with Crippen LogP contribution in [0.25, 0.3) is 10.8 Å². The third-order valence-electron chi connectivity index (χ3n) is 4.18. The van der Waals surface area contributed by atoms with Crippen LogP contribution in [0, 0.1) is 0 Å². The zero-order valence-electron chi connectivity index (χ0n) is 15.4. The van der Waals surface area contributed by atoms with E-state index in [-0.39, 0.29) is 24.6 Å². The molecule has 0 bridgehead atoms. The number of carbonyl (C=O) groups excluding carboxylic acids is 1. The summed E-state index contributed by atoms with van der Waals surface area (Å²) in [5.74, 6) is -0.423. The van der Waals surface area contributed by atoms with E-state index < -0.39 is 15.9 Å². The Labute approximate surface area is 164 Å². The summed E-state index contributed by atoms with van der Waals surface area (Å²) in [6.07, 6.45) is 3.15. The van der Waals surface area contributed by atoms with Gasteiger partial charge >= 0.3 is 0 Å². The summed E-state index contributed by atoms with van der Waals surface area (Å²) in [7, 11) is -2.44. The van der Waals surface area contributed by atoms with E-state index in [0.717, 1.165) is 4.31 Å². The molecule has 0 aliphatic carbocycles. The fourth-order valence-corrected chi connectivity index (χ4v) is 4.41. The van der Waals surface area contributed by atoms with Crippen LogP contribution in [-0.4, -0.2) is 50.4 Å². The number of methoxy groups -OCH3 is 1. The smallest absolute Gasteiger partial charge is 0.244 e. The first-order valence-corrected chi connectivity index (χ1v) is 10.1. The van der Waals surface area contributed by atoms with Crippen molar-refractivity contribution < 1.29 is 17.9 Å². The van der Waals surface area contributed by atoms with Gasteiger partial charge in [-0.05, 0) is 24.3 Å². The molecule has 3 aromatic rings. The number of hydrogen-bond donors (Lipinski definition) is 1. The molecular weight excluding hydrogens is 378 g/mol. The van der Waals surface area contributed by atoms with Crippen LogP contribution in [-0.2, 0) is 19.6 Å². The lowest BCUT2D eigenvalue weighted by Gasteiger charge is -2.22. The monoisotopic (exact) mass is 399 g/mol. The molecule has 1 heterocycles. The van der Waals surface area contributed by atoms with Gasteiger partial charge in [-0.15, -0.1) is 0 Å². The van der Waals surface area contributed by atoms with Gasteiger partial charge in [-0.1, -0.05) is 30.3 Å². The number of rotatable bonds is 8. The van der Waals surface area contributed by atoms with Crippen LogP contribution in [0.2, 0.25) is 0 Å². The standard InChI is InChI=1S/C20H21N3O4S/c1-27-13-12-23(15-20(24)22-17-7-3-2-4-8-17)28(25,26)19-9-5-6-16-14-21-11-10-18(16)19/h2-11,14H,12-13,15H2,1H3,(H,22,24). The number of carbonyl (C=O) groups is 1. The van der Waals surface area contributed by atoms with Gasteiger partial charge < -0.3 is 10.1 Å². The van der Waals surface area contributed by atoms with Crippen molar-refractivity contribution in [3.63, 3.8) is 0 Å². The van der Waals surface area contributed by atoms with Gasteiger partial charge in [-0.2, -0.15) is 4.31 Å². The molecule has 1 amide bonds. The summed E-state index contributed by atoms with van der Waals surface area (Å²) in [6, 6.07) is 15.5. The van der Waals surface area contributed by atoms with Gasteiger partial charge in [0.15, 0.2) is 0 Å². The summed E-state index contributed by atoms with van der Waals surface area (Å²) in [6.45, 7) is -0.0885. The highest BCUT2D eigenvalue weighted by molar-refractivity contribution is 7.89.